The third kappa shape index (κ3) is 6.23. The molecule has 1 aromatic heterocycles. The van der Waals surface area contributed by atoms with Crippen molar-refractivity contribution in [2.45, 2.75) is 16.7 Å². The Bertz CT molecular complexity index is 1570. The Hall–Kier alpha value is -3.74. The Morgan fingerprint density at radius 1 is 0.657 bits per heavy atom. The van der Waals surface area contributed by atoms with Crippen LogP contribution in [0.25, 0.3) is 0 Å². The standard InChI is InChI=1S/C22H19ClN6O4S2/c1-15-10-12-18(13-11-15)34(30,31)28-17-8-5-9-19(14-17)35(32,33)29-22-26-20(23)25-21(27-22)24-16-6-3-2-4-7-16/h2-14,28H,1H3,(H2,24,25,26,27,29). The Morgan fingerprint density at radius 2 is 1.29 bits per heavy atom. The lowest BCUT2D eigenvalue weighted by Gasteiger charge is -2.11. The van der Waals surface area contributed by atoms with Crippen molar-refractivity contribution in [3.63, 3.8) is 0 Å². The van der Waals surface area contributed by atoms with Crippen molar-refractivity contribution in [1.29, 1.82) is 0 Å². The number of nitrogens with one attached hydrogen (secondary N) is 3. The topological polar surface area (TPSA) is 143 Å². The normalized spacial score (nSPS) is 11.6. The molecule has 3 N–H and O–H groups in total. The number of hydrogen-bond acceptors (Lipinski definition) is 8. The first-order valence-electron chi connectivity index (χ1n) is 10.1. The summed E-state index contributed by atoms with van der Waals surface area (Å²) in [7, 11) is -8.11. The van der Waals surface area contributed by atoms with Gasteiger partial charge >= 0.3 is 0 Å². The molecule has 180 valence electrons. The van der Waals surface area contributed by atoms with Crippen LogP contribution >= 0.6 is 11.6 Å². The Morgan fingerprint density at radius 3 is 2.00 bits per heavy atom. The summed E-state index contributed by atoms with van der Waals surface area (Å²) in [4.78, 5) is 11.6. The first-order valence-corrected chi connectivity index (χ1v) is 13.4. The van der Waals surface area contributed by atoms with E-state index in [1.807, 2.05) is 13.0 Å². The van der Waals surface area contributed by atoms with E-state index in [2.05, 4.69) is 29.7 Å². The van der Waals surface area contributed by atoms with Gasteiger partial charge < -0.3 is 5.32 Å². The van der Waals surface area contributed by atoms with Crippen molar-refractivity contribution < 1.29 is 16.8 Å². The highest BCUT2D eigenvalue weighted by Crippen LogP contribution is 2.22. The van der Waals surface area contributed by atoms with Crippen molar-refractivity contribution in [3.8, 4) is 0 Å². The molecule has 0 aliphatic carbocycles. The van der Waals surface area contributed by atoms with Gasteiger partial charge in [-0.15, -0.1) is 0 Å². The van der Waals surface area contributed by atoms with Gasteiger partial charge in [0.25, 0.3) is 20.0 Å². The van der Waals surface area contributed by atoms with Crippen molar-refractivity contribution in [2.75, 3.05) is 14.8 Å². The van der Waals surface area contributed by atoms with E-state index in [1.165, 1.54) is 36.4 Å². The van der Waals surface area contributed by atoms with Crippen molar-refractivity contribution in [3.05, 3.63) is 89.7 Å². The maximum absolute atomic E-state index is 13.0. The zero-order valence-corrected chi connectivity index (χ0v) is 20.6. The number of sulfonamides is 2. The maximum Gasteiger partial charge on any atom is 0.264 e. The fraction of sp³-hybridized carbons (Fsp3) is 0.0455. The molecule has 0 unspecified atom stereocenters. The monoisotopic (exact) mass is 530 g/mol. The second kappa shape index (κ2) is 9.86. The molecule has 0 fully saturated rings. The highest BCUT2D eigenvalue weighted by molar-refractivity contribution is 7.93. The molecule has 35 heavy (non-hydrogen) atoms. The summed E-state index contributed by atoms with van der Waals surface area (Å²) in [5.74, 6) is -0.275. The van der Waals surface area contributed by atoms with Gasteiger partial charge in [0.2, 0.25) is 17.2 Å². The lowest BCUT2D eigenvalue weighted by molar-refractivity contribution is 0.598. The molecule has 0 aliphatic rings. The molecular weight excluding hydrogens is 512 g/mol. The fourth-order valence-electron chi connectivity index (χ4n) is 2.94. The molecular formula is C22H19ClN6O4S2. The highest BCUT2D eigenvalue weighted by atomic mass is 35.5. The predicted molar refractivity (Wildman–Crippen MR) is 134 cm³/mol. The number of nitrogens with zero attached hydrogens (tertiary/aromatic N) is 3. The molecule has 4 rings (SSSR count). The van der Waals surface area contributed by atoms with Gasteiger partial charge in [-0.1, -0.05) is 42.0 Å². The van der Waals surface area contributed by atoms with Crippen molar-refractivity contribution in [1.82, 2.24) is 15.0 Å². The van der Waals surface area contributed by atoms with Crippen molar-refractivity contribution in [2.24, 2.45) is 0 Å². The van der Waals surface area contributed by atoms with E-state index >= 15 is 0 Å². The first kappa shape index (κ1) is 24.4. The minimum Gasteiger partial charge on any atom is -0.324 e. The summed E-state index contributed by atoms with van der Waals surface area (Å²) in [5, 5.41) is 2.68. The fourth-order valence-corrected chi connectivity index (χ4v) is 5.14. The molecule has 13 heteroatoms. The molecule has 0 spiro atoms. The summed E-state index contributed by atoms with van der Waals surface area (Å²) < 4.78 is 55.9. The maximum atomic E-state index is 13.0. The van der Waals surface area contributed by atoms with Crippen LogP contribution in [0.4, 0.5) is 23.3 Å². The number of rotatable bonds is 8. The molecule has 0 saturated heterocycles. The van der Waals surface area contributed by atoms with Crippen LogP contribution in [-0.4, -0.2) is 31.8 Å². The summed E-state index contributed by atoms with van der Waals surface area (Å²) in [5.41, 5.74) is 1.63. The minimum atomic E-state index is -4.19. The predicted octanol–water partition coefficient (Wildman–Crippen LogP) is 4.18. The largest absolute Gasteiger partial charge is 0.324 e. The zero-order valence-electron chi connectivity index (χ0n) is 18.2. The number of anilines is 4. The van der Waals surface area contributed by atoms with Crippen LogP contribution in [0.15, 0.2) is 88.7 Å². The van der Waals surface area contributed by atoms with Gasteiger partial charge in [-0.3, -0.25) is 4.72 Å². The smallest absolute Gasteiger partial charge is 0.264 e. The second-order valence-electron chi connectivity index (χ2n) is 7.29. The number of halogens is 1. The molecule has 0 bridgehead atoms. The summed E-state index contributed by atoms with van der Waals surface area (Å²) in [6, 6.07) is 20.6. The molecule has 1 heterocycles. The average Bonchev–Trinajstić information content (AvgIpc) is 2.79. The lowest BCUT2D eigenvalue weighted by atomic mass is 10.2. The SMILES string of the molecule is Cc1ccc(S(=O)(=O)Nc2cccc(S(=O)(=O)Nc3nc(Cl)nc(Nc4ccccc4)n3)c2)cc1. The van der Waals surface area contributed by atoms with Crippen LogP contribution in [0.1, 0.15) is 5.56 Å². The number of aromatic nitrogens is 3. The third-order valence-corrected chi connectivity index (χ3v) is 7.48. The number of benzene rings is 3. The molecule has 0 radical (unpaired) electrons. The van der Waals surface area contributed by atoms with Gasteiger partial charge in [0.1, 0.15) is 0 Å². The number of hydrogen-bond donors (Lipinski definition) is 3. The molecule has 10 nitrogen and oxygen atoms in total. The minimum absolute atomic E-state index is 0.0357. The van der Waals surface area contributed by atoms with Crippen LogP contribution < -0.4 is 14.8 Å². The van der Waals surface area contributed by atoms with E-state index in [9.17, 15) is 16.8 Å². The van der Waals surface area contributed by atoms with E-state index < -0.39 is 20.0 Å². The molecule has 0 aliphatic heterocycles. The van der Waals surface area contributed by atoms with Gasteiger partial charge in [0, 0.05) is 5.69 Å². The Balaban J connectivity index is 1.56. The van der Waals surface area contributed by atoms with E-state index in [0.717, 1.165) is 5.56 Å². The Kier molecular flexibility index (Phi) is 6.87. The molecule has 0 saturated carbocycles. The molecule has 0 atom stereocenters. The van der Waals surface area contributed by atoms with E-state index in [0.29, 0.717) is 5.69 Å². The summed E-state index contributed by atoms with van der Waals surface area (Å²) in [6.45, 7) is 1.84. The average molecular weight is 531 g/mol. The van der Waals surface area contributed by atoms with Gasteiger partial charge in [-0.05, 0) is 61.0 Å². The van der Waals surface area contributed by atoms with Crippen LogP contribution in [0.2, 0.25) is 5.28 Å². The second-order valence-corrected chi connectivity index (χ2v) is 11.0. The van der Waals surface area contributed by atoms with Gasteiger partial charge in [0.05, 0.1) is 15.5 Å². The van der Waals surface area contributed by atoms with Crippen LogP contribution in [-0.2, 0) is 20.0 Å². The molecule has 0 amide bonds. The lowest BCUT2D eigenvalue weighted by Crippen LogP contribution is -2.17. The van der Waals surface area contributed by atoms with Crippen LogP contribution in [0, 0.1) is 6.92 Å². The van der Waals surface area contributed by atoms with Gasteiger partial charge in [-0.2, -0.15) is 15.0 Å². The summed E-state index contributed by atoms with van der Waals surface area (Å²) >= 11 is 5.94. The molecule has 4 aromatic rings. The van der Waals surface area contributed by atoms with Gasteiger partial charge in [0.15, 0.2) is 0 Å². The third-order valence-electron chi connectivity index (χ3n) is 4.59. The zero-order chi connectivity index (χ0) is 25.1. The van der Waals surface area contributed by atoms with E-state index in [1.54, 1.807) is 36.4 Å². The van der Waals surface area contributed by atoms with Crippen LogP contribution in [0.3, 0.4) is 0 Å². The Labute approximate surface area is 207 Å². The highest BCUT2D eigenvalue weighted by Gasteiger charge is 2.20. The quantitative estimate of drug-likeness (QED) is 0.308. The van der Waals surface area contributed by atoms with E-state index in [4.69, 9.17) is 11.6 Å². The van der Waals surface area contributed by atoms with Crippen LogP contribution in [0.5, 0.6) is 0 Å². The number of aryl methyl sites for hydroxylation is 1. The van der Waals surface area contributed by atoms with Crippen molar-refractivity contribution >= 4 is 54.9 Å². The number of para-hydroxylation sites is 1. The van der Waals surface area contributed by atoms with E-state index in [-0.39, 0.29) is 32.7 Å². The van der Waals surface area contributed by atoms with Gasteiger partial charge in [-0.25, -0.2) is 21.6 Å². The molecule has 3 aromatic carbocycles. The summed E-state index contributed by atoms with van der Waals surface area (Å²) in [6.07, 6.45) is 0. The first-order chi connectivity index (χ1) is 16.6.